The average molecular weight is 445 g/mol. The van der Waals surface area contributed by atoms with E-state index in [4.69, 9.17) is 9.47 Å². The zero-order chi connectivity index (χ0) is 23.7. The van der Waals surface area contributed by atoms with Gasteiger partial charge in [0.2, 0.25) is 0 Å². The number of unbranched alkanes of at least 4 members (excludes halogenated alkanes) is 3. The number of benzene rings is 1. The van der Waals surface area contributed by atoms with Crippen LogP contribution in [-0.2, 0) is 15.9 Å². The highest BCUT2D eigenvalue weighted by Crippen LogP contribution is 2.36. The second kappa shape index (κ2) is 12.3. The summed E-state index contributed by atoms with van der Waals surface area (Å²) in [5.74, 6) is 0.00324. The molecule has 0 N–H and O–H groups in total. The van der Waals surface area contributed by atoms with Crippen LogP contribution in [0, 0.1) is 0 Å². The van der Waals surface area contributed by atoms with E-state index in [2.05, 4.69) is 6.92 Å². The number of nitrogens with zero attached hydrogens (tertiary/aromatic N) is 2. The van der Waals surface area contributed by atoms with Crippen molar-refractivity contribution in [1.82, 2.24) is 10.0 Å². The van der Waals surface area contributed by atoms with Gasteiger partial charge in [-0.1, -0.05) is 50.5 Å². The van der Waals surface area contributed by atoms with Crippen molar-refractivity contribution in [3.05, 3.63) is 46.7 Å². The van der Waals surface area contributed by atoms with Gasteiger partial charge in [-0.15, -0.1) is 0 Å². The van der Waals surface area contributed by atoms with Crippen LogP contribution in [0.3, 0.4) is 0 Å². The quantitative estimate of drug-likeness (QED) is 0.332. The zero-order valence-corrected chi connectivity index (χ0v) is 20.0. The van der Waals surface area contributed by atoms with Crippen LogP contribution in [0.2, 0.25) is 0 Å². The van der Waals surface area contributed by atoms with Crippen LogP contribution in [0.15, 0.2) is 35.5 Å². The fraction of sp³-hybridized carbons (Fsp3) is 0.560. The molecule has 0 radical (unpaired) electrons. The van der Waals surface area contributed by atoms with Crippen LogP contribution in [0.25, 0.3) is 0 Å². The molecule has 1 aliphatic heterocycles. The van der Waals surface area contributed by atoms with Gasteiger partial charge in [0.15, 0.2) is 5.78 Å². The number of hydrazine groups is 1. The summed E-state index contributed by atoms with van der Waals surface area (Å²) >= 11 is 0. The lowest BCUT2D eigenvalue weighted by atomic mass is 9.96. The van der Waals surface area contributed by atoms with E-state index in [1.807, 2.05) is 19.1 Å². The molecule has 0 aromatic heterocycles. The lowest BCUT2D eigenvalue weighted by Crippen LogP contribution is -2.49. The first-order valence-corrected chi connectivity index (χ1v) is 11.6. The largest absolute Gasteiger partial charge is 0.448 e. The topological polar surface area (TPSA) is 76.2 Å². The Labute approximate surface area is 191 Å². The van der Waals surface area contributed by atoms with E-state index in [9.17, 15) is 14.4 Å². The molecule has 2 amide bonds. The summed E-state index contributed by atoms with van der Waals surface area (Å²) in [6.07, 6.45) is 4.42. The highest BCUT2D eigenvalue weighted by molar-refractivity contribution is 5.94. The van der Waals surface area contributed by atoms with Crippen LogP contribution in [0.5, 0.6) is 0 Å². The Morgan fingerprint density at radius 3 is 2.09 bits per heavy atom. The third-order valence-electron chi connectivity index (χ3n) is 5.64. The number of carbonyl (C=O) groups is 3. The standard InChI is InChI=1S/C25H36N2O5/c1-6-9-10-11-12-22-18(4)26(24(29)31-7-2)27(25(30)32-8-3)23(22)17-20-13-15-21(16-14-20)19(5)28/h13-16,18H,6-12,17H2,1-5H3/t18-/m1/s1. The number of rotatable bonds is 10. The number of allylic oxidation sites excluding steroid dienone is 1. The predicted molar refractivity (Wildman–Crippen MR) is 123 cm³/mol. The lowest BCUT2D eigenvalue weighted by Gasteiger charge is -2.31. The first-order valence-electron chi connectivity index (χ1n) is 11.6. The fourth-order valence-corrected chi connectivity index (χ4v) is 3.97. The molecule has 0 aliphatic carbocycles. The molecule has 0 unspecified atom stereocenters. The molecule has 0 spiro atoms. The van der Waals surface area contributed by atoms with Crippen LogP contribution < -0.4 is 0 Å². The van der Waals surface area contributed by atoms with Gasteiger partial charge in [-0.05, 0) is 51.7 Å². The molecule has 0 bridgehead atoms. The second-order valence-corrected chi connectivity index (χ2v) is 7.94. The Bertz CT molecular complexity index is 831. The first kappa shape index (κ1) is 25.4. The molecular formula is C25H36N2O5. The predicted octanol–water partition coefficient (Wildman–Crippen LogP) is 5.89. The third-order valence-corrected chi connectivity index (χ3v) is 5.64. The SMILES string of the molecule is CCCCCCC1=C(Cc2ccc(C(C)=O)cc2)N(C(=O)OCC)N(C(=O)OCC)[C@@H]1C. The maximum atomic E-state index is 13.0. The number of hydrogen-bond donors (Lipinski definition) is 0. The summed E-state index contributed by atoms with van der Waals surface area (Å²) in [5, 5.41) is 2.72. The van der Waals surface area contributed by atoms with Crippen molar-refractivity contribution >= 4 is 18.0 Å². The number of carbonyl (C=O) groups excluding carboxylic acids is 3. The second-order valence-electron chi connectivity index (χ2n) is 7.94. The average Bonchev–Trinajstić information content (AvgIpc) is 3.03. The van der Waals surface area contributed by atoms with Crippen LogP contribution >= 0.6 is 0 Å². The van der Waals surface area contributed by atoms with E-state index >= 15 is 0 Å². The molecule has 2 rings (SSSR count). The fourth-order valence-electron chi connectivity index (χ4n) is 3.97. The van der Waals surface area contributed by atoms with Crippen molar-refractivity contribution in [2.24, 2.45) is 0 Å². The van der Waals surface area contributed by atoms with Gasteiger partial charge in [-0.2, -0.15) is 5.01 Å². The summed E-state index contributed by atoms with van der Waals surface area (Å²) < 4.78 is 10.6. The summed E-state index contributed by atoms with van der Waals surface area (Å²) in [4.78, 5) is 37.4. The van der Waals surface area contributed by atoms with E-state index in [0.29, 0.717) is 12.0 Å². The highest BCUT2D eigenvalue weighted by Gasteiger charge is 2.43. The third kappa shape index (κ3) is 6.11. The number of ether oxygens (including phenoxy) is 2. The molecule has 1 aromatic rings. The van der Waals surface area contributed by atoms with Gasteiger partial charge in [0, 0.05) is 12.0 Å². The van der Waals surface area contributed by atoms with Gasteiger partial charge in [-0.25, -0.2) is 14.6 Å². The van der Waals surface area contributed by atoms with Crippen molar-refractivity contribution in [3.63, 3.8) is 0 Å². The monoisotopic (exact) mass is 444 g/mol. The van der Waals surface area contributed by atoms with Gasteiger partial charge in [0.1, 0.15) is 0 Å². The van der Waals surface area contributed by atoms with Crippen molar-refractivity contribution in [1.29, 1.82) is 0 Å². The number of Topliss-reactive ketones (excluding diaryl/α,β-unsaturated/α-hetero) is 1. The van der Waals surface area contributed by atoms with Crippen molar-refractivity contribution in [2.45, 2.75) is 79.2 Å². The van der Waals surface area contributed by atoms with E-state index in [1.165, 1.54) is 16.9 Å². The molecule has 7 nitrogen and oxygen atoms in total. The summed E-state index contributed by atoms with van der Waals surface area (Å²) in [6, 6.07) is 7.04. The van der Waals surface area contributed by atoms with E-state index in [1.54, 1.807) is 26.0 Å². The van der Waals surface area contributed by atoms with Gasteiger partial charge < -0.3 is 9.47 Å². The molecular weight excluding hydrogens is 408 g/mol. The minimum Gasteiger partial charge on any atom is -0.448 e. The number of hydrogen-bond acceptors (Lipinski definition) is 5. The molecule has 1 aliphatic rings. The van der Waals surface area contributed by atoms with E-state index in [0.717, 1.165) is 48.9 Å². The normalized spacial score (nSPS) is 15.8. The minimum absolute atomic E-state index is 0.00324. The first-order chi connectivity index (χ1) is 15.3. The molecule has 1 heterocycles. The van der Waals surface area contributed by atoms with Gasteiger partial charge >= 0.3 is 12.2 Å². The smallest absolute Gasteiger partial charge is 0.433 e. The minimum atomic E-state index is -0.591. The summed E-state index contributed by atoms with van der Waals surface area (Å²) in [6.45, 7) is 9.51. The van der Waals surface area contributed by atoms with Crippen LogP contribution in [0.4, 0.5) is 9.59 Å². The summed E-state index contributed by atoms with van der Waals surface area (Å²) in [7, 11) is 0. The molecule has 0 saturated carbocycles. The highest BCUT2D eigenvalue weighted by atomic mass is 16.6. The van der Waals surface area contributed by atoms with Crippen molar-refractivity contribution in [2.75, 3.05) is 13.2 Å². The Morgan fingerprint density at radius 2 is 1.53 bits per heavy atom. The van der Waals surface area contributed by atoms with Crippen molar-refractivity contribution < 1.29 is 23.9 Å². The number of ketones is 1. The molecule has 1 atom stereocenters. The Morgan fingerprint density at radius 1 is 0.906 bits per heavy atom. The molecule has 176 valence electrons. The maximum absolute atomic E-state index is 13.0. The number of amides is 2. The molecule has 1 aromatic carbocycles. The lowest BCUT2D eigenvalue weighted by molar-refractivity contribution is -0.000611. The van der Waals surface area contributed by atoms with Crippen molar-refractivity contribution in [3.8, 4) is 0 Å². The van der Waals surface area contributed by atoms with Gasteiger partial charge in [-0.3, -0.25) is 4.79 Å². The molecule has 0 saturated heterocycles. The van der Waals surface area contributed by atoms with Gasteiger partial charge in [0.25, 0.3) is 0 Å². The molecule has 0 fully saturated rings. The van der Waals surface area contributed by atoms with Crippen LogP contribution in [-0.4, -0.2) is 47.2 Å². The Hall–Kier alpha value is -2.83. The molecule has 32 heavy (non-hydrogen) atoms. The summed E-state index contributed by atoms with van der Waals surface area (Å²) in [5.41, 5.74) is 3.37. The van der Waals surface area contributed by atoms with Crippen LogP contribution in [0.1, 0.15) is 82.6 Å². The molecule has 7 heteroatoms. The maximum Gasteiger partial charge on any atom is 0.433 e. The van der Waals surface area contributed by atoms with Gasteiger partial charge in [0.05, 0.1) is 25.0 Å². The van der Waals surface area contributed by atoms with E-state index < -0.39 is 12.2 Å². The van der Waals surface area contributed by atoms with E-state index in [-0.39, 0.29) is 25.0 Å². The Balaban J connectivity index is 2.44. The zero-order valence-electron chi connectivity index (χ0n) is 20.0. The Kier molecular flexibility index (Phi) is 9.75.